The number of aromatic nitrogens is 2. The number of H-pyrrole nitrogens is 1. The first-order valence-corrected chi connectivity index (χ1v) is 6.60. The summed E-state index contributed by atoms with van der Waals surface area (Å²) in [5, 5.41) is 12.6. The summed E-state index contributed by atoms with van der Waals surface area (Å²) in [6, 6.07) is 1.91. The highest BCUT2D eigenvalue weighted by molar-refractivity contribution is 6.04. The lowest BCUT2D eigenvalue weighted by Crippen LogP contribution is -2.24. The molecule has 0 saturated heterocycles. The van der Waals surface area contributed by atoms with Crippen molar-refractivity contribution in [3.63, 3.8) is 0 Å². The molecule has 2 heterocycles. The van der Waals surface area contributed by atoms with Gasteiger partial charge in [0.25, 0.3) is 5.91 Å². The predicted octanol–water partition coefficient (Wildman–Crippen LogP) is 1.89. The molecule has 3 N–H and O–H groups in total. The van der Waals surface area contributed by atoms with E-state index in [1.165, 1.54) is 6.92 Å². The number of aryl methyl sites for hydroxylation is 1. The summed E-state index contributed by atoms with van der Waals surface area (Å²) in [5.74, 6) is -1.74. The van der Waals surface area contributed by atoms with Crippen LogP contribution in [-0.2, 0) is 13.0 Å². The van der Waals surface area contributed by atoms with E-state index in [2.05, 4.69) is 20.8 Å². The van der Waals surface area contributed by atoms with Gasteiger partial charge in [-0.2, -0.15) is 5.10 Å². The molecular weight excluding hydrogens is 278 g/mol. The Balaban J connectivity index is 1.87. The minimum absolute atomic E-state index is 0.158. The highest BCUT2D eigenvalue weighted by atomic mass is 19.1. The van der Waals surface area contributed by atoms with E-state index in [1.807, 2.05) is 0 Å². The number of hydrogen-bond donors (Lipinski definition) is 3. The number of carbonyl (C=O) groups is 1. The lowest BCUT2D eigenvalue weighted by molar-refractivity contribution is 0.102. The molecule has 3 rings (SSSR count). The maximum absolute atomic E-state index is 13.8. The van der Waals surface area contributed by atoms with Gasteiger partial charge in [0.05, 0.1) is 5.56 Å². The van der Waals surface area contributed by atoms with Gasteiger partial charge < -0.3 is 10.6 Å². The number of rotatable bonds is 2. The number of nitrogens with one attached hydrogen (secondary N) is 3. The molecule has 0 spiro atoms. The van der Waals surface area contributed by atoms with Crippen LogP contribution < -0.4 is 10.6 Å². The topological polar surface area (TPSA) is 69.8 Å². The minimum Gasteiger partial charge on any atom is -0.312 e. The molecule has 0 saturated carbocycles. The number of hydrogen-bond acceptors (Lipinski definition) is 3. The van der Waals surface area contributed by atoms with E-state index < -0.39 is 17.5 Å². The lowest BCUT2D eigenvalue weighted by Gasteiger charge is -2.13. The highest BCUT2D eigenvalue weighted by Gasteiger charge is 2.20. The number of aromatic amines is 1. The fraction of sp³-hybridized carbons (Fsp3) is 0.286. The third-order valence-corrected chi connectivity index (χ3v) is 3.53. The Morgan fingerprint density at radius 1 is 1.33 bits per heavy atom. The molecule has 2 aromatic rings. The molecule has 1 aromatic carbocycles. The zero-order chi connectivity index (χ0) is 15.0. The third kappa shape index (κ3) is 2.52. The van der Waals surface area contributed by atoms with Gasteiger partial charge in [-0.1, -0.05) is 0 Å². The maximum Gasteiger partial charge on any atom is 0.259 e. The van der Waals surface area contributed by atoms with Gasteiger partial charge >= 0.3 is 0 Å². The van der Waals surface area contributed by atoms with Crippen LogP contribution in [0.2, 0.25) is 0 Å². The zero-order valence-corrected chi connectivity index (χ0v) is 11.4. The summed E-state index contributed by atoms with van der Waals surface area (Å²) in [7, 11) is 0. The fourth-order valence-electron chi connectivity index (χ4n) is 2.32. The van der Waals surface area contributed by atoms with Gasteiger partial charge in [0.2, 0.25) is 0 Å². The average molecular weight is 292 g/mol. The van der Waals surface area contributed by atoms with E-state index in [1.54, 1.807) is 0 Å². The molecule has 1 aromatic heterocycles. The Kier molecular flexibility index (Phi) is 3.42. The van der Waals surface area contributed by atoms with Crippen molar-refractivity contribution >= 4 is 11.7 Å². The molecule has 1 amide bonds. The van der Waals surface area contributed by atoms with Gasteiger partial charge in [-0.25, -0.2) is 8.78 Å². The van der Waals surface area contributed by atoms with Crippen LogP contribution in [-0.4, -0.2) is 22.6 Å². The van der Waals surface area contributed by atoms with Gasteiger partial charge in [0.1, 0.15) is 11.6 Å². The van der Waals surface area contributed by atoms with Crippen LogP contribution in [0.4, 0.5) is 14.6 Å². The Morgan fingerprint density at radius 2 is 2.14 bits per heavy atom. The van der Waals surface area contributed by atoms with Gasteiger partial charge in [0.15, 0.2) is 5.82 Å². The molecule has 5 nitrogen and oxygen atoms in total. The largest absolute Gasteiger partial charge is 0.312 e. The molecule has 110 valence electrons. The fourth-order valence-corrected chi connectivity index (χ4v) is 2.32. The quantitative estimate of drug-likeness (QED) is 0.791. The third-order valence-electron chi connectivity index (χ3n) is 3.53. The standard InChI is InChI=1S/C14H14F2N4O/c1-7-4-11(16)8(5-10(7)15)14(21)18-13-9-6-17-3-2-12(9)19-20-13/h4-5,17H,2-3,6H2,1H3,(H2,18,19,20,21). The normalized spacial score (nSPS) is 13.9. The lowest BCUT2D eigenvalue weighted by atomic mass is 10.1. The summed E-state index contributed by atoms with van der Waals surface area (Å²) in [4.78, 5) is 12.1. The molecule has 21 heavy (non-hydrogen) atoms. The second kappa shape index (κ2) is 5.25. The number of benzene rings is 1. The molecule has 0 aliphatic carbocycles. The molecule has 1 aliphatic rings. The smallest absolute Gasteiger partial charge is 0.259 e. The number of halogens is 2. The minimum atomic E-state index is -0.756. The summed E-state index contributed by atoms with van der Waals surface area (Å²) < 4.78 is 27.3. The van der Waals surface area contributed by atoms with E-state index in [-0.39, 0.29) is 11.1 Å². The van der Waals surface area contributed by atoms with Crippen LogP contribution >= 0.6 is 0 Å². The highest BCUT2D eigenvalue weighted by Crippen LogP contribution is 2.21. The van der Waals surface area contributed by atoms with E-state index in [0.29, 0.717) is 12.4 Å². The summed E-state index contributed by atoms with van der Waals surface area (Å²) in [6.07, 6.45) is 0.783. The summed E-state index contributed by atoms with van der Waals surface area (Å²) in [5.41, 5.74) is 1.62. The first kappa shape index (κ1) is 13.7. The molecule has 7 heteroatoms. The van der Waals surface area contributed by atoms with Gasteiger partial charge in [-0.3, -0.25) is 9.89 Å². The average Bonchev–Trinajstić information content (AvgIpc) is 2.86. The Morgan fingerprint density at radius 3 is 2.95 bits per heavy atom. The van der Waals surface area contributed by atoms with Crippen LogP contribution in [0.3, 0.4) is 0 Å². The summed E-state index contributed by atoms with van der Waals surface area (Å²) in [6.45, 7) is 2.85. The van der Waals surface area contributed by atoms with Crippen molar-refractivity contribution in [1.29, 1.82) is 0 Å². The monoisotopic (exact) mass is 292 g/mol. The second-order valence-electron chi connectivity index (χ2n) is 4.99. The van der Waals surface area contributed by atoms with Crippen LogP contribution in [0.15, 0.2) is 12.1 Å². The van der Waals surface area contributed by atoms with E-state index in [9.17, 15) is 13.6 Å². The van der Waals surface area contributed by atoms with E-state index in [4.69, 9.17) is 0 Å². The molecule has 0 radical (unpaired) electrons. The Labute approximate surface area is 119 Å². The van der Waals surface area contributed by atoms with Crippen molar-refractivity contribution in [3.05, 3.63) is 46.2 Å². The van der Waals surface area contributed by atoms with Crippen molar-refractivity contribution in [2.24, 2.45) is 0 Å². The van der Waals surface area contributed by atoms with Gasteiger partial charge in [-0.15, -0.1) is 0 Å². The zero-order valence-electron chi connectivity index (χ0n) is 11.4. The molecular formula is C14H14F2N4O. The van der Waals surface area contributed by atoms with Crippen LogP contribution in [0.1, 0.15) is 27.2 Å². The molecule has 0 unspecified atom stereocenters. The van der Waals surface area contributed by atoms with Gasteiger partial charge in [-0.05, 0) is 24.6 Å². The van der Waals surface area contributed by atoms with E-state index >= 15 is 0 Å². The second-order valence-corrected chi connectivity index (χ2v) is 4.99. The SMILES string of the molecule is Cc1cc(F)c(C(=O)Nc2n[nH]c3c2CNCC3)cc1F. The number of fused-ring (bicyclic) bond motifs is 1. The van der Waals surface area contributed by atoms with Crippen LogP contribution in [0, 0.1) is 18.6 Å². The number of anilines is 1. The first-order valence-electron chi connectivity index (χ1n) is 6.60. The molecule has 0 fully saturated rings. The Hall–Kier alpha value is -2.28. The van der Waals surface area contributed by atoms with Crippen molar-refractivity contribution in [3.8, 4) is 0 Å². The van der Waals surface area contributed by atoms with E-state index in [0.717, 1.165) is 36.4 Å². The number of nitrogens with zero attached hydrogens (tertiary/aromatic N) is 1. The first-order chi connectivity index (χ1) is 10.1. The predicted molar refractivity (Wildman–Crippen MR) is 73.0 cm³/mol. The van der Waals surface area contributed by atoms with Crippen LogP contribution in [0.5, 0.6) is 0 Å². The molecule has 0 atom stereocenters. The van der Waals surface area contributed by atoms with Crippen LogP contribution in [0.25, 0.3) is 0 Å². The number of carbonyl (C=O) groups excluding carboxylic acids is 1. The summed E-state index contributed by atoms with van der Waals surface area (Å²) >= 11 is 0. The number of amides is 1. The molecule has 0 bridgehead atoms. The van der Waals surface area contributed by atoms with Crippen molar-refractivity contribution < 1.29 is 13.6 Å². The van der Waals surface area contributed by atoms with Crippen molar-refractivity contribution in [2.45, 2.75) is 19.9 Å². The Bertz CT molecular complexity index is 711. The molecule has 1 aliphatic heterocycles. The maximum atomic E-state index is 13.8. The van der Waals surface area contributed by atoms with Gasteiger partial charge in [0, 0.05) is 30.8 Å². The van der Waals surface area contributed by atoms with Crippen molar-refractivity contribution in [2.75, 3.05) is 11.9 Å². The van der Waals surface area contributed by atoms with Crippen molar-refractivity contribution in [1.82, 2.24) is 15.5 Å².